The van der Waals surface area contributed by atoms with E-state index >= 15 is 0 Å². The maximum atomic E-state index is 12.5. The van der Waals surface area contributed by atoms with Crippen LogP contribution in [0.15, 0.2) is 18.3 Å². The first kappa shape index (κ1) is 12.9. The Balaban J connectivity index is 2.62. The molecule has 5 nitrogen and oxygen atoms in total. The van der Waals surface area contributed by atoms with Crippen LogP contribution in [0.4, 0.5) is 10.1 Å². The van der Waals surface area contributed by atoms with Crippen molar-refractivity contribution in [1.82, 2.24) is 9.71 Å². The lowest BCUT2D eigenvalue weighted by Crippen LogP contribution is -2.32. The molecule has 0 bridgehead atoms. The zero-order valence-electron chi connectivity index (χ0n) is 9.07. The van der Waals surface area contributed by atoms with Crippen molar-refractivity contribution in [1.29, 1.82) is 0 Å². The number of hydrogen-bond donors (Lipinski definition) is 2. The normalized spacial score (nSPS) is 11.8. The third-order valence-corrected chi connectivity index (χ3v) is 2.71. The molecule has 0 aromatic carbocycles. The SMILES string of the molecule is CC(C)CNS(=O)(=O)Nc1ccc(F)nc1. The lowest BCUT2D eigenvalue weighted by molar-refractivity contribution is 0.564. The Kier molecular flexibility index (Phi) is 4.19. The number of pyridine rings is 1. The molecule has 16 heavy (non-hydrogen) atoms. The largest absolute Gasteiger partial charge is 0.299 e. The summed E-state index contributed by atoms with van der Waals surface area (Å²) in [5.41, 5.74) is 0.220. The summed E-state index contributed by atoms with van der Waals surface area (Å²) in [6.07, 6.45) is 1.12. The van der Waals surface area contributed by atoms with Crippen LogP contribution in [0.25, 0.3) is 0 Å². The van der Waals surface area contributed by atoms with Crippen LogP contribution in [-0.2, 0) is 10.2 Å². The molecular weight excluding hydrogens is 233 g/mol. The fourth-order valence-corrected chi connectivity index (χ4v) is 1.96. The molecule has 0 fully saturated rings. The van der Waals surface area contributed by atoms with Gasteiger partial charge >= 0.3 is 0 Å². The predicted molar refractivity (Wildman–Crippen MR) is 59.6 cm³/mol. The minimum atomic E-state index is -3.60. The Morgan fingerprint density at radius 3 is 2.62 bits per heavy atom. The summed E-state index contributed by atoms with van der Waals surface area (Å²) in [5, 5.41) is 0. The molecule has 7 heteroatoms. The first-order chi connectivity index (χ1) is 7.39. The predicted octanol–water partition coefficient (Wildman–Crippen LogP) is 1.12. The number of halogens is 1. The van der Waals surface area contributed by atoms with Crippen LogP contribution in [-0.4, -0.2) is 19.9 Å². The average molecular weight is 247 g/mol. The summed E-state index contributed by atoms with van der Waals surface area (Å²) >= 11 is 0. The third-order valence-electron chi connectivity index (χ3n) is 1.66. The first-order valence-electron chi connectivity index (χ1n) is 4.78. The topological polar surface area (TPSA) is 71.1 Å². The molecule has 0 spiro atoms. The summed E-state index contributed by atoms with van der Waals surface area (Å²) in [6, 6.07) is 2.39. The van der Waals surface area contributed by atoms with E-state index in [4.69, 9.17) is 0 Å². The van der Waals surface area contributed by atoms with E-state index in [0.29, 0.717) is 6.54 Å². The minimum absolute atomic E-state index is 0.211. The van der Waals surface area contributed by atoms with Gasteiger partial charge in [0.1, 0.15) is 0 Å². The Labute approximate surface area is 94.3 Å². The van der Waals surface area contributed by atoms with Gasteiger partial charge in [-0.05, 0) is 18.1 Å². The van der Waals surface area contributed by atoms with Crippen LogP contribution >= 0.6 is 0 Å². The van der Waals surface area contributed by atoms with E-state index in [9.17, 15) is 12.8 Å². The van der Waals surface area contributed by atoms with E-state index in [1.165, 1.54) is 6.07 Å². The van der Waals surface area contributed by atoms with Gasteiger partial charge in [0.15, 0.2) is 0 Å². The Morgan fingerprint density at radius 1 is 1.44 bits per heavy atom. The minimum Gasteiger partial charge on any atom is -0.270 e. The lowest BCUT2D eigenvalue weighted by Gasteiger charge is -2.10. The van der Waals surface area contributed by atoms with Crippen molar-refractivity contribution in [2.45, 2.75) is 13.8 Å². The van der Waals surface area contributed by atoms with Crippen LogP contribution in [0.2, 0.25) is 0 Å². The standard InChI is InChI=1S/C9H14FN3O2S/c1-7(2)5-12-16(14,15)13-8-3-4-9(10)11-6-8/h3-4,6-7,12-13H,5H2,1-2H3. The van der Waals surface area contributed by atoms with E-state index in [2.05, 4.69) is 14.4 Å². The molecule has 2 N–H and O–H groups in total. The van der Waals surface area contributed by atoms with Gasteiger partial charge < -0.3 is 0 Å². The molecule has 1 aromatic rings. The van der Waals surface area contributed by atoms with Crippen molar-refractivity contribution in [2.75, 3.05) is 11.3 Å². The van der Waals surface area contributed by atoms with Gasteiger partial charge in [0.05, 0.1) is 11.9 Å². The highest BCUT2D eigenvalue weighted by atomic mass is 32.2. The van der Waals surface area contributed by atoms with Gasteiger partial charge in [-0.2, -0.15) is 17.5 Å². The van der Waals surface area contributed by atoms with E-state index in [-0.39, 0.29) is 11.6 Å². The van der Waals surface area contributed by atoms with Gasteiger partial charge in [0.25, 0.3) is 10.2 Å². The number of aromatic nitrogens is 1. The summed E-state index contributed by atoms with van der Waals surface area (Å²) in [7, 11) is -3.60. The third kappa shape index (κ3) is 4.54. The Morgan fingerprint density at radius 2 is 2.12 bits per heavy atom. The van der Waals surface area contributed by atoms with Gasteiger partial charge in [0, 0.05) is 6.54 Å². The van der Waals surface area contributed by atoms with E-state index < -0.39 is 16.2 Å². The second-order valence-corrected chi connectivity index (χ2v) is 5.22. The number of rotatable bonds is 5. The molecule has 1 rings (SSSR count). The molecule has 0 aliphatic rings. The molecular formula is C9H14FN3O2S. The molecule has 0 amide bonds. The van der Waals surface area contributed by atoms with Gasteiger partial charge in [-0.1, -0.05) is 13.8 Å². The van der Waals surface area contributed by atoms with Crippen molar-refractivity contribution in [2.24, 2.45) is 5.92 Å². The van der Waals surface area contributed by atoms with Crippen LogP contribution in [0.1, 0.15) is 13.8 Å². The highest BCUT2D eigenvalue weighted by Crippen LogP contribution is 2.06. The van der Waals surface area contributed by atoms with Crippen molar-refractivity contribution < 1.29 is 12.8 Å². The number of hydrogen-bond acceptors (Lipinski definition) is 3. The van der Waals surface area contributed by atoms with Crippen molar-refractivity contribution in [3.05, 3.63) is 24.3 Å². The average Bonchev–Trinajstić information content (AvgIpc) is 2.19. The van der Waals surface area contributed by atoms with Gasteiger partial charge in [-0.15, -0.1) is 0 Å². The maximum absolute atomic E-state index is 12.5. The molecule has 0 saturated heterocycles. The smallest absolute Gasteiger partial charge is 0.270 e. The number of anilines is 1. The second kappa shape index (κ2) is 5.22. The van der Waals surface area contributed by atoms with Crippen molar-refractivity contribution in [3.8, 4) is 0 Å². The summed E-state index contributed by atoms with van der Waals surface area (Å²) < 4.78 is 40.0. The van der Waals surface area contributed by atoms with Crippen LogP contribution in [0.5, 0.6) is 0 Å². The van der Waals surface area contributed by atoms with Crippen LogP contribution < -0.4 is 9.44 Å². The Hall–Kier alpha value is -1.21. The van der Waals surface area contributed by atoms with Gasteiger partial charge in [-0.25, -0.2) is 4.98 Å². The fourth-order valence-electron chi connectivity index (χ4n) is 0.904. The molecule has 0 aliphatic carbocycles. The maximum Gasteiger partial charge on any atom is 0.299 e. The molecule has 0 atom stereocenters. The zero-order chi connectivity index (χ0) is 12.2. The molecule has 1 heterocycles. The molecule has 90 valence electrons. The van der Waals surface area contributed by atoms with Crippen molar-refractivity contribution in [3.63, 3.8) is 0 Å². The fraction of sp³-hybridized carbons (Fsp3) is 0.444. The highest BCUT2D eigenvalue weighted by molar-refractivity contribution is 7.90. The number of nitrogens with one attached hydrogen (secondary N) is 2. The van der Waals surface area contributed by atoms with Crippen molar-refractivity contribution >= 4 is 15.9 Å². The highest BCUT2D eigenvalue weighted by Gasteiger charge is 2.10. The number of nitrogens with zero attached hydrogens (tertiary/aromatic N) is 1. The van der Waals surface area contributed by atoms with E-state index in [1.54, 1.807) is 0 Å². The van der Waals surface area contributed by atoms with E-state index in [1.807, 2.05) is 13.8 Å². The Bertz CT molecular complexity index is 431. The summed E-state index contributed by atoms with van der Waals surface area (Å²) in [5.74, 6) is -0.444. The molecule has 1 aromatic heterocycles. The van der Waals surface area contributed by atoms with Gasteiger partial charge in [0.2, 0.25) is 5.95 Å². The lowest BCUT2D eigenvalue weighted by atomic mass is 10.2. The zero-order valence-corrected chi connectivity index (χ0v) is 9.88. The second-order valence-electron chi connectivity index (χ2n) is 3.72. The molecule has 0 radical (unpaired) electrons. The summed E-state index contributed by atoms with van der Waals surface area (Å²) in [6.45, 7) is 4.12. The molecule has 0 saturated carbocycles. The van der Waals surface area contributed by atoms with Crippen LogP contribution in [0, 0.1) is 11.9 Å². The first-order valence-corrected chi connectivity index (χ1v) is 6.26. The summed E-state index contributed by atoms with van der Waals surface area (Å²) in [4.78, 5) is 3.34. The monoisotopic (exact) mass is 247 g/mol. The molecule has 0 aliphatic heterocycles. The van der Waals surface area contributed by atoms with Crippen LogP contribution in [0.3, 0.4) is 0 Å². The quantitative estimate of drug-likeness (QED) is 0.766. The van der Waals surface area contributed by atoms with E-state index in [0.717, 1.165) is 12.3 Å². The molecule has 0 unspecified atom stereocenters. The van der Waals surface area contributed by atoms with Gasteiger partial charge in [-0.3, -0.25) is 4.72 Å².